The van der Waals surface area contributed by atoms with Crippen LogP contribution in [-0.4, -0.2) is 62.4 Å². The summed E-state index contributed by atoms with van der Waals surface area (Å²) in [6, 6.07) is 13.2. The van der Waals surface area contributed by atoms with Crippen LogP contribution in [0.3, 0.4) is 0 Å². The van der Waals surface area contributed by atoms with Gasteiger partial charge in [-0.05, 0) is 61.6 Å². The summed E-state index contributed by atoms with van der Waals surface area (Å²) in [5, 5.41) is 10.4. The van der Waals surface area contributed by atoms with Crippen molar-refractivity contribution in [3.63, 3.8) is 0 Å². The van der Waals surface area contributed by atoms with Crippen molar-refractivity contribution in [3.05, 3.63) is 59.3 Å². The number of nitriles is 1. The first kappa shape index (κ1) is 27.3. The highest BCUT2D eigenvalue weighted by molar-refractivity contribution is 7.90. The van der Waals surface area contributed by atoms with Crippen molar-refractivity contribution >= 4 is 27.3 Å². The number of nitrogens with zero attached hydrogens (tertiary/aromatic N) is 3. The third kappa shape index (κ3) is 6.15. The first-order valence-electron chi connectivity index (χ1n) is 12.9. The normalized spacial score (nSPS) is 17.2. The molecule has 0 unspecified atom stereocenters. The Morgan fingerprint density at radius 2 is 2.08 bits per heavy atom. The van der Waals surface area contributed by atoms with Gasteiger partial charge in [-0.2, -0.15) is 5.26 Å². The van der Waals surface area contributed by atoms with E-state index in [2.05, 4.69) is 15.8 Å². The summed E-state index contributed by atoms with van der Waals surface area (Å²) >= 11 is 1.52. The fourth-order valence-corrected chi connectivity index (χ4v) is 7.21. The van der Waals surface area contributed by atoms with Crippen molar-refractivity contribution in [2.75, 3.05) is 32.1 Å². The van der Waals surface area contributed by atoms with E-state index in [1.54, 1.807) is 12.1 Å². The molecule has 2 heterocycles. The zero-order valence-corrected chi connectivity index (χ0v) is 23.5. The zero-order chi connectivity index (χ0) is 27.6. The maximum atomic E-state index is 12.9. The van der Waals surface area contributed by atoms with Crippen LogP contribution in [0.5, 0.6) is 5.75 Å². The number of amides is 1. The van der Waals surface area contributed by atoms with Crippen molar-refractivity contribution in [2.45, 2.75) is 38.8 Å². The lowest BCUT2D eigenvalue weighted by Crippen LogP contribution is -2.45. The van der Waals surface area contributed by atoms with Gasteiger partial charge in [0.1, 0.15) is 22.6 Å². The SMILES string of the molecule is CC(C)Oc1ccc(-c2ncc(-c3cccc4c3CC[C@@H]4NS(=O)(=O)CC(=O)N3CCOCC3)s2)cc1C#N. The Hall–Kier alpha value is -3.30. The van der Waals surface area contributed by atoms with Crippen LogP contribution in [0, 0.1) is 11.3 Å². The Morgan fingerprint density at radius 1 is 1.28 bits per heavy atom. The standard InChI is InChI=1S/C28H30N4O5S2/c1-18(2)37-25-9-6-19(14-20(25)15-29)28-30-16-26(38-28)23-5-3-4-22-21(23)7-8-24(22)31-39(34,35)17-27(33)32-10-12-36-13-11-32/h3-6,9,14,16,18,24,31H,7-8,10-13,17H2,1-2H3/t24-/m0/s1. The molecule has 11 heteroatoms. The summed E-state index contributed by atoms with van der Waals surface area (Å²) in [6.45, 7) is 5.51. The molecular formula is C28H30N4O5S2. The monoisotopic (exact) mass is 566 g/mol. The molecule has 1 aliphatic carbocycles. The quantitative estimate of drug-likeness (QED) is 0.439. The van der Waals surface area contributed by atoms with E-state index in [0.717, 1.165) is 32.1 Å². The number of benzene rings is 2. The second-order valence-electron chi connectivity index (χ2n) is 9.85. The Bertz CT molecular complexity index is 1520. The molecule has 1 N–H and O–H groups in total. The van der Waals surface area contributed by atoms with Crippen molar-refractivity contribution in [2.24, 2.45) is 0 Å². The van der Waals surface area contributed by atoms with Gasteiger partial charge < -0.3 is 14.4 Å². The molecule has 0 saturated carbocycles. The number of fused-ring (bicyclic) bond motifs is 1. The summed E-state index contributed by atoms with van der Waals surface area (Å²) in [7, 11) is -3.81. The second kappa shape index (κ2) is 11.4. The number of aromatic nitrogens is 1. The lowest BCUT2D eigenvalue weighted by molar-refractivity contribution is -0.132. The maximum Gasteiger partial charge on any atom is 0.239 e. The van der Waals surface area contributed by atoms with Crippen LogP contribution in [-0.2, 0) is 26.0 Å². The molecule has 0 bridgehead atoms. The topological polar surface area (TPSA) is 122 Å². The van der Waals surface area contributed by atoms with E-state index in [1.807, 2.05) is 44.3 Å². The minimum Gasteiger partial charge on any atom is -0.490 e. The molecular weight excluding hydrogens is 536 g/mol. The van der Waals surface area contributed by atoms with E-state index in [1.165, 1.54) is 16.2 Å². The molecule has 0 spiro atoms. The summed E-state index contributed by atoms with van der Waals surface area (Å²) < 4.78 is 39.5. The second-order valence-corrected chi connectivity index (χ2v) is 12.6. The van der Waals surface area contributed by atoms with E-state index in [4.69, 9.17) is 9.47 Å². The Morgan fingerprint density at radius 3 is 2.82 bits per heavy atom. The molecule has 39 heavy (non-hydrogen) atoms. The minimum absolute atomic E-state index is 0.0341. The van der Waals surface area contributed by atoms with Crippen LogP contribution in [0.2, 0.25) is 0 Å². The predicted molar refractivity (Wildman–Crippen MR) is 149 cm³/mol. The number of carbonyl (C=O) groups excluding carboxylic acids is 1. The lowest BCUT2D eigenvalue weighted by atomic mass is 10.0. The molecule has 9 nitrogen and oxygen atoms in total. The van der Waals surface area contributed by atoms with Crippen LogP contribution in [0.1, 0.15) is 43.0 Å². The fraction of sp³-hybridized carbons (Fsp3) is 0.393. The van der Waals surface area contributed by atoms with Gasteiger partial charge in [-0.25, -0.2) is 18.1 Å². The van der Waals surface area contributed by atoms with Gasteiger partial charge in [-0.15, -0.1) is 11.3 Å². The summed E-state index contributed by atoms with van der Waals surface area (Å²) in [5.41, 5.74) is 4.32. The van der Waals surface area contributed by atoms with Gasteiger partial charge in [0, 0.05) is 30.9 Å². The van der Waals surface area contributed by atoms with E-state index in [-0.39, 0.29) is 12.1 Å². The number of sulfonamides is 1. The summed E-state index contributed by atoms with van der Waals surface area (Å²) in [4.78, 5) is 19.6. The van der Waals surface area contributed by atoms with Crippen LogP contribution in [0.25, 0.3) is 21.0 Å². The number of carbonyl (C=O) groups is 1. The molecule has 3 aromatic rings. The van der Waals surface area contributed by atoms with Gasteiger partial charge >= 0.3 is 0 Å². The van der Waals surface area contributed by atoms with Crippen LogP contribution >= 0.6 is 11.3 Å². The van der Waals surface area contributed by atoms with E-state index < -0.39 is 21.7 Å². The lowest BCUT2D eigenvalue weighted by Gasteiger charge is -2.27. The van der Waals surface area contributed by atoms with Crippen LogP contribution < -0.4 is 9.46 Å². The van der Waals surface area contributed by atoms with Crippen molar-refractivity contribution < 1.29 is 22.7 Å². The number of hydrogen-bond donors (Lipinski definition) is 1. The maximum absolute atomic E-state index is 12.9. The number of rotatable bonds is 8. The largest absolute Gasteiger partial charge is 0.490 e. The number of morpholine rings is 1. The average Bonchev–Trinajstić information content (AvgIpc) is 3.56. The molecule has 1 atom stereocenters. The fourth-order valence-electron chi connectivity index (χ4n) is 4.97. The van der Waals surface area contributed by atoms with Gasteiger partial charge in [-0.1, -0.05) is 18.2 Å². The van der Waals surface area contributed by atoms with Gasteiger partial charge in [0.15, 0.2) is 0 Å². The molecule has 1 amide bonds. The minimum atomic E-state index is -3.81. The third-order valence-corrected chi connectivity index (χ3v) is 9.10. The molecule has 1 aliphatic heterocycles. The first-order valence-corrected chi connectivity index (χ1v) is 15.4. The van der Waals surface area contributed by atoms with E-state index in [9.17, 15) is 18.5 Å². The van der Waals surface area contributed by atoms with Crippen LogP contribution in [0.4, 0.5) is 0 Å². The van der Waals surface area contributed by atoms with Crippen molar-refractivity contribution in [1.29, 1.82) is 5.26 Å². The van der Waals surface area contributed by atoms with Gasteiger partial charge in [-0.3, -0.25) is 4.79 Å². The smallest absolute Gasteiger partial charge is 0.239 e. The molecule has 1 saturated heterocycles. The van der Waals surface area contributed by atoms with Gasteiger partial charge in [0.2, 0.25) is 15.9 Å². The highest BCUT2D eigenvalue weighted by Gasteiger charge is 2.31. The number of ether oxygens (including phenoxy) is 2. The molecule has 204 valence electrons. The van der Waals surface area contributed by atoms with Crippen molar-refractivity contribution in [3.8, 4) is 32.8 Å². The molecule has 5 rings (SSSR count). The highest BCUT2D eigenvalue weighted by Crippen LogP contribution is 2.41. The highest BCUT2D eigenvalue weighted by atomic mass is 32.2. The van der Waals surface area contributed by atoms with Crippen LogP contribution in [0.15, 0.2) is 42.6 Å². The average molecular weight is 567 g/mol. The zero-order valence-electron chi connectivity index (χ0n) is 21.8. The Labute approximate surface area is 232 Å². The van der Waals surface area contributed by atoms with Crippen molar-refractivity contribution in [1.82, 2.24) is 14.6 Å². The van der Waals surface area contributed by atoms with E-state index in [0.29, 0.717) is 50.5 Å². The van der Waals surface area contributed by atoms with Gasteiger partial charge in [0.05, 0.1) is 29.8 Å². The Kier molecular flexibility index (Phi) is 8.00. The first-order chi connectivity index (χ1) is 18.7. The number of hydrogen-bond acceptors (Lipinski definition) is 8. The molecule has 2 aromatic carbocycles. The predicted octanol–water partition coefficient (Wildman–Crippen LogP) is 3.90. The number of thiazole rings is 1. The Balaban J connectivity index is 1.33. The molecule has 0 radical (unpaired) electrons. The number of nitrogens with one attached hydrogen (secondary N) is 1. The molecule has 2 aliphatic rings. The summed E-state index contributed by atoms with van der Waals surface area (Å²) in [5.74, 6) is -0.421. The molecule has 1 fully saturated rings. The molecule has 1 aromatic heterocycles. The third-order valence-electron chi connectivity index (χ3n) is 6.75. The van der Waals surface area contributed by atoms with E-state index >= 15 is 0 Å². The van der Waals surface area contributed by atoms with Gasteiger partial charge in [0.25, 0.3) is 0 Å². The summed E-state index contributed by atoms with van der Waals surface area (Å²) in [6.07, 6.45) is 3.11.